The normalized spacial score (nSPS) is 22.8. The smallest absolute Gasteiger partial charge is 0.307 e. The Morgan fingerprint density at radius 1 is 0.650 bits per heavy atom. The van der Waals surface area contributed by atoms with Crippen LogP contribution in [0, 0.1) is 0 Å². The molecule has 236 valence electrons. The van der Waals surface area contributed by atoms with Crippen LogP contribution in [0.15, 0.2) is 0 Å². The van der Waals surface area contributed by atoms with Crippen LogP contribution in [0.1, 0.15) is 142 Å². The molecule has 1 heterocycles. The summed E-state index contributed by atoms with van der Waals surface area (Å²) in [5.41, 5.74) is 0. The molecular formula is C31H58O9. The van der Waals surface area contributed by atoms with E-state index in [1.807, 2.05) is 0 Å². The van der Waals surface area contributed by atoms with Crippen LogP contribution < -0.4 is 0 Å². The zero-order valence-corrected chi connectivity index (χ0v) is 25.2. The minimum atomic E-state index is -1.54. The van der Waals surface area contributed by atoms with Crippen molar-refractivity contribution in [2.75, 3.05) is 13.4 Å². The third-order valence-corrected chi connectivity index (χ3v) is 7.51. The van der Waals surface area contributed by atoms with Crippen molar-refractivity contribution in [2.24, 2.45) is 0 Å². The second kappa shape index (κ2) is 24.3. The largest absolute Gasteiger partial charge is 0.457 e. The van der Waals surface area contributed by atoms with Gasteiger partial charge in [0.05, 0.1) is 6.61 Å². The molecule has 0 aliphatic carbocycles. The molecule has 1 rings (SSSR count). The van der Waals surface area contributed by atoms with E-state index in [0.29, 0.717) is 6.42 Å². The van der Waals surface area contributed by atoms with E-state index in [1.54, 1.807) is 0 Å². The minimum Gasteiger partial charge on any atom is -0.457 e. The summed E-state index contributed by atoms with van der Waals surface area (Å²) in [5, 5.41) is 30.7. The average molecular weight is 575 g/mol. The summed E-state index contributed by atoms with van der Waals surface area (Å²) < 4.78 is 21.3. The molecule has 9 nitrogen and oxygen atoms in total. The van der Waals surface area contributed by atoms with E-state index in [9.17, 15) is 24.9 Å². The van der Waals surface area contributed by atoms with E-state index in [4.69, 9.17) is 18.9 Å². The molecule has 9 heteroatoms. The van der Waals surface area contributed by atoms with E-state index < -0.39 is 56.0 Å². The second-order valence-electron chi connectivity index (χ2n) is 11.1. The van der Waals surface area contributed by atoms with Gasteiger partial charge in [0.25, 0.3) is 0 Å². The molecule has 3 N–H and O–H groups in total. The molecule has 1 aliphatic rings. The summed E-state index contributed by atoms with van der Waals surface area (Å²) in [6.45, 7) is 3.41. The maximum atomic E-state index is 12.3. The predicted octanol–water partition coefficient (Wildman–Crippen LogP) is 5.70. The fourth-order valence-electron chi connectivity index (χ4n) is 4.95. The van der Waals surface area contributed by atoms with Crippen molar-refractivity contribution in [1.82, 2.24) is 0 Å². The van der Waals surface area contributed by atoms with Gasteiger partial charge in [-0.15, -0.1) is 0 Å². The summed E-state index contributed by atoms with van der Waals surface area (Å²) in [6, 6.07) is 0. The Morgan fingerprint density at radius 3 is 1.57 bits per heavy atom. The van der Waals surface area contributed by atoms with Crippen LogP contribution in [0.2, 0.25) is 0 Å². The third kappa shape index (κ3) is 16.9. The monoisotopic (exact) mass is 574 g/mol. The van der Waals surface area contributed by atoms with E-state index in [2.05, 4.69) is 13.8 Å². The summed E-state index contributed by atoms with van der Waals surface area (Å²) in [4.78, 5) is 24.3. The molecule has 5 atom stereocenters. The van der Waals surface area contributed by atoms with Crippen LogP contribution in [0.5, 0.6) is 0 Å². The number of aliphatic hydroxyl groups excluding tert-OH is 3. The van der Waals surface area contributed by atoms with E-state index in [-0.39, 0.29) is 12.8 Å². The van der Waals surface area contributed by atoms with E-state index >= 15 is 0 Å². The Hall–Kier alpha value is -1.26. The molecule has 0 saturated carbocycles. The Bertz CT molecular complexity index is 628. The van der Waals surface area contributed by atoms with Gasteiger partial charge in [-0.2, -0.15) is 0 Å². The van der Waals surface area contributed by atoms with Crippen molar-refractivity contribution in [1.29, 1.82) is 0 Å². The first-order chi connectivity index (χ1) is 19.4. The predicted molar refractivity (Wildman–Crippen MR) is 153 cm³/mol. The third-order valence-electron chi connectivity index (χ3n) is 7.51. The Labute approximate surface area is 242 Å². The van der Waals surface area contributed by atoms with Crippen LogP contribution in [-0.2, 0) is 28.5 Å². The number of hydrogen-bond acceptors (Lipinski definition) is 9. The van der Waals surface area contributed by atoms with Crippen LogP contribution >= 0.6 is 0 Å². The summed E-state index contributed by atoms with van der Waals surface area (Å²) in [5.74, 6) is -0.915. The highest BCUT2D eigenvalue weighted by Gasteiger charge is 2.47. The quantitative estimate of drug-likeness (QED) is 0.0714. The van der Waals surface area contributed by atoms with Crippen molar-refractivity contribution in [2.45, 2.75) is 173 Å². The van der Waals surface area contributed by atoms with Gasteiger partial charge in [0.1, 0.15) is 18.3 Å². The second-order valence-corrected chi connectivity index (χ2v) is 11.1. The molecular weight excluding hydrogens is 516 g/mol. The number of esters is 2. The zero-order chi connectivity index (χ0) is 29.4. The van der Waals surface area contributed by atoms with Gasteiger partial charge >= 0.3 is 11.9 Å². The number of aliphatic hydroxyl groups is 3. The number of carbonyl (C=O) groups excluding carboxylic acids is 2. The molecule has 1 fully saturated rings. The van der Waals surface area contributed by atoms with Gasteiger partial charge in [-0.3, -0.25) is 9.59 Å². The average Bonchev–Trinajstić information content (AvgIpc) is 2.95. The molecule has 1 aliphatic heterocycles. The molecule has 0 amide bonds. The lowest BCUT2D eigenvalue weighted by molar-refractivity contribution is -0.315. The summed E-state index contributed by atoms with van der Waals surface area (Å²) >= 11 is 0. The van der Waals surface area contributed by atoms with Crippen molar-refractivity contribution < 1.29 is 43.9 Å². The first kappa shape index (κ1) is 36.8. The minimum absolute atomic E-state index is 0.197. The summed E-state index contributed by atoms with van der Waals surface area (Å²) in [7, 11) is 0. The van der Waals surface area contributed by atoms with Crippen LogP contribution in [0.4, 0.5) is 0 Å². The molecule has 0 aromatic rings. The number of hydrogen-bond donors (Lipinski definition) is 3. The van der Waals surface area contributed by atoms with Crippen LogP contribution in [-0.4, -0.2) is 71.4 Å². The zero-order valence-electron chi connectivity index (χ0n) is 25.2. The lowest BCUT2D eigenvalue weighted by Gasteiger charge is -2.41. The number of rotatable bonds is 25. The van der Waals surface area contributed by atoms with Crippen molar-refractivity contribution in [3.8, 4) is 0 Å². The van der Waals surface area contributed by atoms with Gasteiger partial charge in [-0.25, -0.2) is 0 Å². The Balaban J connectivity index is 2.22. The standard InChI is InChI=1S/C31H58O9/c1-3-5-7-9-11-13-15-17-19-21-26(33)37-24-38-31-29(36)28(35)30(25(23-32)39-31)40-27(34)22-20-18-16-14-12-10-8-6-4-2/h25,28-32,35-36H,3-24H2,1-2H3/t25-,28-,29-,30-,31+/m1/s1. The Morgan fingerprint density at radius 2 is 1.10 bits per heavy atom. The van der Waals surface area contributed by atoms with E-state index in [1.165, 1.54) is 70.6 Å². The molecule has 0 aromatic carbocycles. The van der Waals surface area contributed by atoms with Crippen molar-refractivity contribution in [3.63, 3.8) is 0 Å². The van der Waals surface area contributed by atoms with Gasteiger partial charge in [0, 0.05) is 12.8 Å². The number of carbonyl (C=O) groups is 2. The van der Waals surface area contributed by atoms with Gasteiger partial charge in [-0.05, 0) is 12.8 Å². The Kier molecular flexibility index (Phi) is 22.4. The summed E-state index contributed by atoms with van der Waals surface area (Å²) in [6.07, 6.45) is 14.2. The van der Waals surface area contributed by atoms with E-state index in [0.717, 1.165) is 38.5 Å². The molecule has 40 heavy (non-hydrogen) atoms. The lowest BCUT2D eigenvalue weighted by Crippen LogP contribution is -2.60. The fourth-order valence-corrected chi connectivity index (χ4v) is 4.95. The topological polar surface area (TPSA) is 132 Å². The van der Waals surface area contributed by atoms with Crippen LogP contribution in [0.25, 0.3) is 0 Å². The molecule has 1 saturated heterocycles. The number of ether oxygens (including phenoxy) is 4. The van der Waals surface area contributed by atoms with Gasteiger partial charge in [-0.1, -0.05) is 117 Å². The first-order valence-electron chi connectivity index (χ1n) is 16.0. The molecule has 0 radical (unpaired) electrons. The van der Waals surface area contributed by atoms with Crippen LogP contribution in [0.3, 0.4) is 0 Å². The first-order valence-corrected chi connectivity index (χ1v) is 16.0. The molecule has 0 bridgehead atoms. The lowest BCUT2D eigenvalue weighted by atomic mass is 9.99. The highest BCUT2D eigenvalue weighted by molar-refractivity contribution is 5.69. The van der Waals surface area contributed by atoms with Gasteiger partial charge < -0.3 is 34.3 Å². The van der Waals surface area contributed by atoms with Crippen molar-refractivity contribution >= 4 is 11.9 Å². The number of unbranched alkanes of at least 4 members (excludes halogenated alkanes) is 16. The highest BCUT2D eigenvalue weighted by Crippen LogP contribution is 2.25. The molecule has 0 unspecified atom stereocenters. The molecule has 0 spiro atoms. The SMILES string of the molecule is CCCCCCCCCCCC(=O)OCO[C@H]1O[C@H](CO)[C@@H](OC(=O)CCCCCCCCCCC)[C@H](O)[C@H]1O. The van der Waals surface area contributed by atoms with Gasteiger partial charge in [0.15, 0.2) is 19.2 Å². The van der Waals surface area contributed by atoms with Gasteiger partial charge in [0.2, 0.25) is 0 Å². The molecule has 0 aromatic heterocycles. The maximum Gasteiger partial charge on any atom is 0.307 e. The fraction of sp³-hybridized carbons (Fsp3) is 0.935. The highest BCUT2D eigenvalue weighted by atomic mass is 16.8. The maximum absolute atomic E-state index is 12.3. The van der Waals surface area contributed by atoms with Crippen molar-refractivity contribution in [3.05, 3.63) is 0 Å².